The van der Waals surface area contributed by atoms with Crippen LogP contribution in [0.15, 0.2) is 54.5 Å². The molecule has 2 aliphatic rings. The van der Waals surface area contributed by atoms with E-state index in [4.69, 9.17) is 14.2 Å². The van der Waals surface area contributed by atoms with Crippen LogP contribution in [0.25, 0.3) is 5.57 Å². The van der Waals surface area contributed by atoms with Gasteiger partial charge in [0.15, 0.2) is 6.61 Å². The van der Waals surface area contributed by atoms with Crippen molar-refractivity contribution in [1.82, 2.24) is 9.88 Å². The van der Waals surface area contributed by atoms with Crippen molar-refractivity contribution in [2.45, 2.75) is 46.3 Å². The number of rotatable bonds is 9. The number of aliphatic hydroxyl groups is 1. The van der Waals surface area contributed by atoms with Crippen LogP contribution in [0.1, 0.15) is 39.7 Å². The highest BCUT2D eigenvalue weighted by atomic mass is 16.7. The number of nitrogens with one attached hydrogen (secondary N) is 1. The van der Waals surface area contributed by atoms with Gasteiger partial charge in [0.25, 0.3) is 5.91 Å². The molecule has 3 atom stereocenters. The third kappa shape index (κ3) is 6.09. The minimum absolute atomic E-state index is 0.0279. The number of carbonyl (C=O) groups excluding carboxylic acids is 4. The molecular weight excluding hydrogens is 506 g/mol. The second-order valence-corrected chi connectivity index (χ2v) is 10.4. The van der Waals surface area contributed by atoms with E-state index in [1.165, 1.54) is 18.0 Å². The normalized spacial score (nSPS) is 19.1. The lowest BCUT2D eigenvalue weighted by molar-refractivity contribution is -0.175. The lowest BCUT2D eigenvalue weighted by Crippen LogP contribution is -2.61. The highest BCUT2D eigenvalue weighted by Gasteiger charge is 2.57. The van der Waals surface area contributed by atoms with Crippen molar-refractivity contribution in [2.75, 3.05) is 18.7 Å². The molecule has 39 heavy (non-hydrogen) atoms. The highest BCUT2D eigenvalue weighted by Crippen LogP contribution is 2.47. The van der Waals surface area contributed by atoms with Crippen LogP contribution in [0, 0.1) is 11.3 Å². The molecule has 0 spiro atoms. The SMILES string of the molecule is C[C@@H](O)[C@H]1C(=O)N2C(C(=O)OCOC(=O)C(C)(C)C)=C(c3cccc(OCC(=O)Nc4cccnc4)c3)C[C@H]12. The van der Waals surface area contributed by atoms with Gasteiger partial charge in [0, 0.05) is 6.20 Å². The van der Waals surface area contributed by atoms with Gasteiger partial charge in [-0.2, -0.15) is 0 Å². The molecule has 1 aromatic heterocycles. The van der Waals surface area contributed by atoms with Crippen LogP contribution in [-0.2, 0) is 28.7 Å². The Morgan fingerprint density at radius 1 is 1.18 bits per heavy atom. The summed E-state index contributed by atoms with van der Waals surface area (Å²) in [5, 5.41) is 12.8. The molecule has 206 valence electrons. The number of hydrogen-bond donors (Lipinski definition) is 2. The van der Waals surface area contributed by atoms with E-state index in [9.17, 15) is 24.3 Å². The third-order valence-corrected chi connectivity index (χ3v) is 6.41. The lowest BCUT2D eigenvalue weighted by Gasteiger charge is -2.44. The van der Waals surface area contributed by atoms with E-state index in [-0.39, 0.29) is 24.1 Å². The molecule has 0 bridgehead atoms. The van der Waals surface area contributed by atoms with Gasteiger partial charge in [-0.3, -0.25) is 19.4 Å². The number of esters is 2. The molecule has 11 heteroatoms. The molecule has 3 heterocycles. The summed E-state index contributed by atoms with van der Waals surface area (Å²) in [5.41, 5.74) is 0.899. The van der Waals surface area contributed by atoms with Gasteiger partial charge in [-0.05, 0) is 69.5 Å². The number of aromatic nitrogens is 1. The number of fused-ring (bicyclic) bond motifs is 1. The Kier molecular flexibility index (Phi) is 8.01. The van der Waals surface area contributed by atoms with Gasteiger partial charge < -0.3 is 29.5 Å². The Bertz CT molecular complexity index is 1300. The first-order chi connectivity index (χ1) is 18.5. The Hall–Kier alpha value is -4.25. The summed E-state index contributed by atoms with van der Waals surface area (Å²) in [7, 11) is 0. The average molecular weight is 538 g/mol. The number of carbonyl (C=O) groups is 4. The Morgan fingerprint density at radius 3 is 2.62 bits per heavy atom. The zero-order valence-electron chi connectivity index (χ0n) is 22.2. The molecule has 0 unspecified atom stereocenters. The van der Waals surface area contributed by atoms with Gasteiger partial charge in [0.1, 0.15) is 11.4 Å². The van der Waals surface area contributed by atoms with Gasteiger partial charge in [0.05, 0.1) is 35.4 Å². The number of hydrogen-bond acceptors (Lipinski definition) is 9. The molecule has 2 aliphatic heterocycles. The van der Waals surface area contributed by atoms with Gasteiger partial charge in [-0.1, -0.05) is 12.1 Å². The fourth-order valence-corrected chi connectivity index (χ4v) is 4.49. The minimum atomic E-state index is -0.892. The average Bonchev–Trinajstić information content (AvgIpc) is 3.22. The maximum Gasteiger partial charge on any atom is 0.358 e. The number of amides is 2. The molecule has 2 N–H and O–H groups in total. The fourth-order valence-electron chi connectivity index (χ4n) is 4.49. The molecule has 2 amide bonds. The summed E-state index contributed by atoms with van der Waals surface area (Å²) in [6.07, 6.45) is 2.52. The maximum atomic E-state index is 13.1. The van der Waals surface area contributed by atoms with Crippen LogP contribution >= 0.6 is 0 Å². The number of benzene rings is 1. The van der Waals surface area contributed by atoms with Gasteiger partial charge in [-0.15, -0.1) is 0 Å². The summed E-state index contributed by atoms with van der Waals surface area (Å²) in [6.45, 7) is 5.69. The monoisotopic (exact) mass is 537 g/mol. The first kappa shape index (κ1) is 27.8. The molecule has 11 nitrogen and oxygen atoms in total. The van der Waals surface area contributed by atoms with Gasteiger partial charge in [-0.25, -0.2) is 4.79 Å². The van der Waals surface area contributed by atoms with E-state index in [0.29, 0.717) is 29.0 Å². The van der Waals surface area contributed by atoms with Crippen LogP contribution in [0.2, 0.25) is 0 Å². The van der Waals surface area contributed by atoms with Crippen molar-refractivity contribution in [3.05, 3.63) is 60.1 Å². The number of nitrogens with zero attached hydrogens (tertiary/aromatic N) is 2. The molecule has 1 saturated heterocycles. The predicted octanol–water partition coefficient (Wildman–Crippen LogP) is 2.51. The standard InChI is InChI=1S/C28H31N3O8/c1-16(32)23-21-12-20(24(31(21)25(23)34)26(35)38-15-39-27(36)28(2,3)4)17-7-5-9-19(11-17)37-14-22(33)30-18-8-6-10-29-13-18/h5-11,13,16,21,23,32H,12,14-15H2,1-4H3,(H,30,33)/t16-,21-,23-/m1/s1. The van der Waals surface area contributed by atoms with Crippen LogP contribution in [-0.4, -0.2) is 64.3 Å². The van der Waals surface area contributed by atoms with Gasteiger partial charge >= 0.3 is 11.9 Å². The fraction of sp³-hybridized carbons (Fsp3) is 0.393. The van der Waals surface area contributed by atoms with Crippen molar-refractivity contribution < 1.29 is 38.5 Å². The third-order valence-electron chi connectivity index (χ3n) is 6.41. The van der Waals surface area contributed by atoms with E-state index >= 15 is 0 Å². The van der Waals surface area contributed by atoms with Gasteiger partial charge in [0.2, 0.25) is 12.7 Å². The first-order valence-corrected chi connectivity index (χ1v) is 12.5. The number of β-lactam (4-membered cyclic amide) rings is 1. The second-order valence-electron chi connectivity index (χ2n) is 10.4. The number of aliphatic hydroxyl groups excluding tert-OH is 1. The van der Waals surface area contributed by atoms with Crippen LogP contribution < -0.4 is 10.1 Å². The minimum Gasteiger partial charge on any atom is -0.484 e. The molecular formula is C28H31N3O8. The largest absolute Gasteiger partial charge is 0.484 e. The van der Waals surface area contributed by atoms with E-state index in [0.717, 1.165) is 0 Å². The highest BCUT2D eigenvalue weighted by molar-refractivity contribution is 6.06. The van der Waals surface area contributed by atoms with Crippen molar-refractivity contribution in [3.8, 4) is 5.75 Å². The quantitative estimate of drug-likeness (QED) is 0.280. The van der Waals surface area contributed by atoms with E-state index in [1.807, 2.05) is 0 Å². The smallest absolute Gasteiger partial charge is 0.358 e. The lowest BCUT2D eigenvalue weighted by atomic mass is 9.82. The van der Waals surface area contributed by atoms with Crippen molar-refractivity contribution in [2.24, 2.45) is 11.3 Å². The Morgan fingerprint density at radius 2 is 1.95 bits per heavy atom. The second kappa shape index (κ2) is 11.2. The molecule has 0 radical (unpaired) electrons. The first-order valence-electron chi connectivity index (χ1n) is 12.5. The van der Waals surface area contributed by atoms with E-state index in [1.54, 1.807) is 63.4 Å². The number of anilines is 1. The molecule has 4 rings (SSSR count). The van der Waals surface area contributed by atoms with E-state index in [2.05, 4.69) is 10.3 Å². The van der Waals surface area contributed by atoms with E-state index < -0.39 is 42.2 Å². The van der Waals surface area contributed by atoms with Crippen LogP contribution in [0.3, 0.4) is 0 Å². The molecule has 2 aromatic rings. The summed E-state index contributed by atoms with van der Waals surface area (Å²) in [6, 6.07) is 9.76. The summed E-state index contributed by atoms with van der Waals surface area (Å²) < 4.78 is 15.9. The van der Waals surface area contributed by atoms with Crippen molar-refractivity contribution in [1.29, 1.82) is 0 Å². The molecule has 1 aromatic carbocycles. The summed E-state index contributed by atoms with van der Waals surface area (Å²) in [5.74, 6) is -2.41. The molecule has 0 saturated carbocycles. The molecule has 0 aliphatic carbocycles. The number of pyridine rings is 1. The Balaban J connectivity index is 1.51. The maximum absolute atomic E-state index is 13.1. The Labute approximate surface area is 225 Å². The zero-order chi connectivity index (χ0) is 28.3. The number of ether oxygens (including phenoxy) is 3. The topological polar surface area (TPSA) is 144 Å². The van der Waals surface area contributed by atoms with Crippen LogP contribution in [0.5, 0.6) is 5.75 Å². The van der Waals surface area contributed by atoms with Crippen molar-refractivity contribution >= 4 is 35.0 Å². The van der Waals surface area contributed by atoms with Crippen LogP contribution in [0.4, 0.5) is 5.69 Å². The van der Waals surface area contributed by atoms with Crippen molar-refractivity contribution in [3.63, 3.8) is 0 Å². The zero-order valence-corrected chi connectivity index (χ0v) is 22.2. The summed E-state index contributed by atoms with van der Waals surface area (Å²) in [4.78, 5) is 55.6. The predicted molar refractivity (Wildman–Crippen MR) is 139 cm³/mol. The molecule has 1 fully saturated rings. The summed E-state index contributed by atoms with van der Waals surface area (Å²) >= 11 is 0.